The third-order valence-electron chi connectivity index (χ3n) is 2.44. The Bertz CT molecular complexity index is 691. The first-order valence-corrected chi connectivity index (χ1v) is 6.23. The van der Waals surface area contributed by atoms with Crippen LogP contribution >= 0.6 is 15.9 Å². The molecule has 0 radical (unpaired) electrons. The van der Waals surface area contributed by atoms with E-state index >= 15 is 0 Å². The molecule has 0 aliphatic carbocycles. The maximum absolute atomic E-state index is 13.6. The maximum Gasteiger partial charge on any atom is 0.335 e. The van der Waals surface area contributed by atoms with Crippen molar-refractivity contribution in [1.29, 1.82) is 0 Å². The molecule has 0 saturated carbocycles. The van der Waals surface area contributed by atoms with Gasteiger partial charge in [0, 0.05) is 10.7 Å². The van der Waals surface area contributed by atoms with Gasteiger partial charge in [0.1, 0.15) is 11.5 Å². The highest BCUT2D eigenvalue weighted by molar-refractivity contribution is 9.10. The molecule has 0 aliphatic rings. The zero-order chi connectivity index (χ0) is 14.7. The number of pyridine rings is 1. The second-order valence-electron chi connectivity index (χ2n) is 3.79. The smallest absolute Gasteiger partial charge is 0.335 e. The number of carbonyl (C=O) groups excluding carboxylic acids is 1. The molecule has 1 amide bonds. The van der Waals surface area contributed by atoms with E-state index in [9.17, 15) is 14.0 Å². The fourth-order valence-corrected chi connectivity index (χ4v) is 1.92. The zero-order valence-electron chi connectivity index (χ0n) is 9.93. The van der Waals surface area contributed by atoms with Crippen molar-refractivity contribution in [1.82, 2.24) is 4.98 Å². The normalized spacial score (nSPS) is 10.1. The summed E-state index contributed by atoms with van der Waals surface area (Å²) in [5.41, 5.74) is -0.262. The largest absolute Gasteiger partial charge is 0.478 e. The first-order chi connectivity index (χ1) is 9.49. The molecule has 1 aromatic heterocycles. The summed E-state index contributed by atoms with van der Waals surface area (Å²) >= 11 is 3.16. The molecule has 5 nitrogen and oxygen atoms in total. The molecule has 2 N–H and O–H groups in total. The van der Waals surface area contributed by atoms with Crippen LogP contribution in [0.5, 0.6) is 0 Å². The second kappa shape index (κ2) is 5.79. The van der Waals surface area contributed by atoms with Gasteiger partial charge < -0.3 is 10.4 Å². The molecule has 0 spiro atoms. The van der Waals surface area contributed by atoms with E-state index in [0.717, 1.165) is 18.2 Å². The summed E-state index contributed by atoms with van der Waals surface area (Å²) in [5.74, 6) is -2.58. The number of halogens is 2. The monoisotopic (exact) mass is 338 g/mol. The van der Waals surface area contributed by atoms with Gasteiger partial charge in [-0.25, -0.2) is 14.2 Å². The average Bonchev–Trinajstić information content (AvgIpc) is 2.41. The van der Waals surface area contributed by atoms with Crippen LogP contribution in [0.3, 0.4) is 0 Å². The van der Waals surface area contributed by atoms with Gasteiger partial charge in [-0.15, -0.1) is 0 Å². The average molecular weight is 339 g/mol. The fourth-order valence-electron chi connectivity index (χ4n) is 1.49. The summed E-state index contributed by atoms with van der Waals surface area (Å²) < 4.78 is 14.0. The molecule has 0 aliphatic heterocycles. The number of aromatic nitrogens is 1. The van der Waals surface area contributed by atoms with Crippen molar-refractivity contribution in [3.8, 4) is 0 Å². The third-order valence-corrected chi connectivity index (χ3v) is 3.07. The Morgan fingerprint density at radius 1 is 1.30 bits per heavy atom. The summed E-state index contributed by atoms with van der Waals surface area (Å²) in [6, 6.07) is 6.39. The van der Waals surface area contributed by atoms with Crippen molar-refractivity contribution >= 4 is 33.5 Å². The minimum atomic E-state index is -1.21. The van der Waals surface area contributed by atoms with Gasteiger partial charge >= 0.3 is 5.97 Å². The van der Waals surface area contributed by atoms with Crippen molar-refractivity contribution in [2.45, 2.75) is 0 Å². The van der Waals surface area contributed by atoms with E-state index in [0.29, 0.717) is 4.47 Å². The van der Waals surface area contributed by atoms with Gasteiger partial charge in [-0.1, -0.05) is 0 Å². The number of rotatable bonds is 3. The number of hydrogen-bond acceptors (Lipinski definition) is 3. The molecule has 1 heterocycles. The van der Waals surface area contributed by atoms with E-state index in [2.05, 4.69) is 26.2 Å². The van der Waals surface area contributed by atoms with E-state index in [4.69, 9.17) is 5.11 Å². The Kier molecular flexibility index (Phi) is 4.09. The topological polar surface area (TPSA) is 79.3 Å². The first kappa shape index (κ1) is 14.1. The van der Waals surface area contributed by atoms with Crippen molar-refractivity contribution in [2.24, 2.45) is 0 Å². The Morgan fingerprint density at radius 3 is 2.70 bits per heavy atom. The minimum Gasteiger partial charge on any atom is -0.478 e. The van der Waals surface area contributed by atoms with Crippen LogP contribution in [-0.2, 0) is 0 Å². The number of amides is 1. The molecule has 20 heavy (non-hydrogen) atoms. The summed E-state index contributed by atoms with van der Waals surface area (Å²) in [6.07, 6.45) is 1.42. The number of carboxylic acids is 1. The number of carboxylic acid groups (broad SMARTS) is 1. The van der Waals surface area contributed by atoms with Crippen LogP contribution in [0.1, 0.15) is 20.8 Å². The van der Waals surface area contributed by atoms with Gasteiger partial charge in [-0.2, -0.15) is 0 Å². The van der Waals surface area contributed by atoms with Gasteiger partial charge in [-0.05, 0) is 46.3 Å². The number of benzene rings is 1. The molecule has 102 valence electrons. The van der Waals surface area contributed by atoms with E-state index < -0.39 is 17.7 Å². The molecule has 2 rings (SSSR count). The number of nitrogens with zero attached hydrogens (tertiary/aromatic N) is 1. The number of hydrogen-bond donors (Lipinski definition) is 2. The summed E-state index contributed by atoms with van der Waals surface area (Å²) in [6.45, 7) is 0. The molecule has 0 bridgehead atoms. The Hall–Kier alpha value is -2.28. The predicted molar refractivity (Wildman–Crippen MR) is 73.2 cm³/mol. The van der Waals surface area contributed by atoms with Gasteiger partial charge in [0.2, 0.25) is 0 Å². The molecule has 0 saturated heterocycles. The highest BCUT2D eigenvalue weighted by atomic mass is 79.9. The Balaban J connectivity index is 2.30. The lowest BCUT2D eigenvalue weighted by molar-refractivity contribution is 0.0696. The molecular formula is C13H8BrFN2O3. The Morgan fingerprint density at radius 2 is 2.05 bits per heavy atom. The van der Waals surface area contributed by atoms with Gasteiger partial charge in [-0.3, -0.25) is 4.79 Å². The minimum absolute atomic E-state index is 0.0765. The first-order valence-electron chi connectivity index (χ1n) is 5.44. The van der Waals surface area contributed by atoms with Crippen molar-refractivity contribution in [3.63, 3.8) is 0 Å². The highest BCUT2D eigenvalue weighted by Gasteiger charge is 2.15. The third kappa shape index (κ3) is 3.00. The van der Waals surface area contributed by atoms with Crippen LogP contribution in [0, 0.1) is 5.82 Å². The molecule has 0 fully saturated rings. The molecule has 2 aromatic rings. The maximum atomic E-state index is 13.6. The van der Waals surface area contributed by atoms with Crippen molar-refractivity contribution in [2.75, 3.05) is 5.32 Å². The van der Waals surface area contributed by atoms with E-state index in [1.807, 2.05) is 0 Å². The van der Waals surface area contributed by atoms with Crippen molar-refractivity contribution in [3.05, 3.63) is 58.1 Å². The van der Waals surface area contributed by atoms with Crippen LogP contribution in [-0.4, -0.2) is 22.0 Å². The quantitative estimate of drug-likeness (QED) is 0.901. The number of anilines is 1. The standard InChI is InChI=1S/C13H8BrFN2O3/c14-8-2-1-5-16-11(8)12(18)17-10-6-7(13(19)20)3-4-9(10)15/h1-6H,(H,17,18)(H,19,20). The van der Waals surface area contributed by atoms with E-state index in [1.165, 1.54) is 6.20 Å². The molecular weight excluding hydrogens is 331 g/mol. The highest BCUT2D eigenvalue weighted by Crippen LogP contribution is 2.19. The molecule has 1 aromatic carbocycles. The second-order valence-corrected chi connectivity index (χ2v) is 4.64. The lowest BCUT2D eigenvalue weighted by Gasteiger charge is -2.07. The lowest BCUT2D eigenvalue weighted by atomic mass is 10.2. The van der Waals surface area contributed by atoms with E-state index in [-0.39, 0.29) is 16.9 Å². The summed E-state index contributed by atoms with van der Waals surface area (Å²) in [5, 5.41) is 11.1. The summed E-state index contributed by atoms with van der Waals surface area (Å²) in [7, 11) is 0. The van der Waals surface area contributed by atoms with Gasteiger partial charge in [0.05, 0.1) is 11.3 Å². The summed E-state index contributed by atoms with van der Waals surface area (Å²) in [4.78, 5) is 26.6. The fraction of sp³-hybridized carbons (Fsp3) is 0. The predicted octanol–water partition coefficient (Wildman–Crippen LogP) is 2.93. The lowest BCUT2D eigenvalue weighted by Crippen LogP contribution is -2.15. The number of nitrogens with one attached hydrogen (secondary N) is 1. The van der Waals surface area contributed by atoms with Crippen LogP contribution < -0.4 is 5.32 Å². The number of aromatic carboxylic acids is 1. The molecule has 7 heteroatoms. The van der Waals surface area contributed by atoms with Crippen LogP contribution in [0.4, 0.5) is 10.1 Å². The van der Waals surface area contributed by atoms with Crippen LogP contribution in [0.25, 0.3) is 0 Å². The zero-order valence-corrected chi connectivity index (χ0v) is 11.5. The van der Waals surface area contributed by atoms with Crippen LogP contribution in [0.15, 0.2) is 41.0 Å². The number of carbonyl (C=O) groups is 2. The SMILES string of the molecule is O=C(O)c1ccc(F)c(NC(=O)c2ncccc2Br)c1. The van der Waals surface area contributed by atoms with Crippen LogP contribution in [0.2, 0.25) is 0 Å². The van der Waals surface area contributed by atoms with Gasteiger partial charge in [0.25, 0.3) is 5.91 Å². The van der Waals surface area contributed by atoms with Crippen molar-refractivity contribution < 1.29 is 19.1 Å². The van der Waals surface area contributed by atoms with Gasteiger partial charge in [0.15, 0.2) is 0 Å². The Labute approximate surface area is 121 Å². The molecule has 0 atom stereocenters. The molecule has 0 unspecified atom stereocenters. The van der Waals surface area contributed by atoms with E-state index in [1.54, 1.807) is 12.1 Å².